The van der Waals surface area contributed by atoms with Crippen molar-refractivity contribution >= 4 is 39.6 Å². The SMILES string of the molecule is Cc1ccc(NC(=O)C(=O)NCc2ccc(/C=N\NC(=O)CN(CCc3ccccc3)S(=O)(=O)c3ccc(C)cc3)o2)cc1. The van der Waals surface area contributed by atoms with E-state index in [-0.39, 0.29) is 23.7 Å². The van der Waals surface area contributed by atoms with Gasteiger partial charge in [0, 0.05) is 12.2 Å². The number of nitrogens with one attached hydrogen (secondary N) is 3. The average molecular weight is 616 g/mol. The van der Waals surface area contributed by atoms with E-state index in [2.05, 4.69) is 21.2 Å². The van der Waals surface area contributed by atoms with Crippen LogP contribution in [0.4, 0.5) is 5.69 Å². The maximum atomic E-state index is 13.4. The molecule has 228 valence electrons. The highest BCUT2D eigenvalue weighted by molar-refractivity contribution is 7.89. The number of hydrogen-bond acceptors (Lipinski definition) is 7. The summed E-state index contributed by atoms with van der Waals surface area (Å²) in [5.74, 6) is -1.66. The second kappa shape index (κ2) is 14.9. The van der Waals surface area contributed by atoms with Gasteiger partial charge in [-0.15, -0.1) is 0 Å². The Hall–Kier alpha value is -5.07. The average Bonchev–Trinajstić information content (AvgIpc) is 3.47. The standard InChI is InChI=1S/C32H33N5O6S/c1-23-8-12-26(13-9-23)35-32(40)31(39)33-20-27-14-15-28(43-27)21-34-36-30(38)22-37(19-18-25-6-4-3-5-7-25)44(41,42)29-16-10-24(2)11-17-29/h3-17,21H,18-20,22H2,1-2H3,(H,33,39)(H,35,40)(H,36,38)/b34-21-. The number of rotatable bonds is 12. The van der Waals surface area contributed by atoms with Gasteiger partial charge in [0.25, 0.3) is 5.91 Å². The third kappa shape index (κ3) is 9.21. The Bertz CT molecular complexity index is 1720. The second-order valence-electron chi connectivity index (χ2n) is 9.99. The molecule has 0 bridgehead atoms. The number of hydrazone groups is 1. The molecule has 0 atom stereocenters. The Labute approximate surface area is 256 Å². The normalized spacial score (nSPS) is 11.4. The fourth-order valence-corrected chi connectivity index (χ4v) is 5.43. The molecule has 0 saturated heterocycles. The van der Waals surface area contributed by atoms with E-state index >= 15 is 0 Å². The molecule has 4 rings (SSSR count). The maximum absolute atomic E-state index is 13.4. The zero-order valence-electron chi connectivity index (χ0n) is 24.3. The van der Waals surface area contributed by atoms with Gasteiger partial charge in [0.15, 0.2) is 0 Å². The zero-order chi connectivity index (χ0) is 31.5. The van der Waals surface area contributed by atoms with Crippen LogP contribution in [0.25, 0.3) is 0 Å². The van der Waals surface area contributed by atoms with Crippen LogP contribution in [0, 0.1) is 13.8 Å². The van der Waals surface area contributed by atoms with Crippen LogP contribution >= 0.6 is 0 Å². The van der Waals surface area contributed by atoms with E-state index in [1.165, 1.54) is 18.3 Å². The van der Waals surface area contributed by atoms with Crippen molar-refractivity contribution < 1.29 is 27.2 Å². The summed E-state index contributed by atoms with van der Waals surface area (Å²) in [4.78, 5) is 37.1. The number of furan rings is 1. The molecule has 3 aromatic carbocycles. The number of anilines is 1. The first-order chi connectivity index (χ1) is 21.1. The molecule has 11 nitrogen and oxygen atoms in total. The number of aryl methyl sites for hydroxylation is 2. The molecule has 0 radical (unpaired) electrons. The van der Waals surface area contributed by atoms with Gasteiger partial charge in [-0.3, -0.25) is 14.4 Å². The molecule has 1 aromatic heterocycles. The summed E-state index contributed by atoms with van der Waals surface area (Å²) in [6.07, 6.45) is 1.66. The van der Waals surface area contributed by atoms with Crippen molar-refractivity contribution in [1.29, 1.82) is 0 Å². The van der Waals surface area contributed by atoms with Crippen LogP contribution < -0.4 is 16.1 Å². The Kier molecular flexibility index (Phi) is 10.8. The predicted molar refractivity (Wildman–Crippen MR) is 166 cm³/mol. The summed E-state index contributed by atoms with van der Waals surface area (Å²) in [5, 5.41) is 8.87. The van der Waals surface area contributed by atoms with Gasteiger partial charge in [0.1, 0.15) is 11.5 Å². The van der Waals surface area contributed by atoms with Crippen LogP contribution in [0.15, 0.2) is 105 Å². The van der Waals surface area contributed by atoms with Crippen molar-refractivity contribution in [2.24, 2.45) is 5.10 Å². The first kappa shape index (κ1) is 31.9. The number of carbonyl (C=O) groups is 3. The van der Waals surface area contributed by atoms with E-state index in [1.807, 2.05) is 56.3 Å². The minimum atomic E-state index is -3.96. The Morgan fingerprint density at radius 1 is 0.841 bits per heavy atom. The van der Waals surface area contributed by atoms with Gasteiger partial charge >= 0.3 is 11.8 Å². The molecule has 3 N–H and O–H groups in total. The van der Waals surface area contributed by atoms with Crippen molar-refractivity contribution in [2.45, 2.75) is 31.7 Å². The molecule has 0 fully saturated rings. The summed E-state index contributed by atoms with van der Waals surface area (Å²) >= 11 is 0. The van der Waals surface area contributed by atoms with E-state index < -0.39 is 34.3 Å². The predicted octanol–water partition coefficient (Wildman–Crippen LogP) is 3.54. The third-order valence-electron chi connectivity index (χ3n) is 6.47. The molecule has 0 aliphatic rings. The lowest BCUT2D eigenvalue weighted by Crippen LogP contribution is -2.40. The van der Waals surface area contributed by atoms with E-state index in [1.54, 1.807) is 36.4 Å². The molecular formula is C32H33N5O6S. The maximum Gasteiger partial charge on any atom is 0.313 e. The minimum Gasteiger partial charge on any atom is -0.458 e. The van der Waals surface area contributed by atoms with E-state index in [0.29, 0.717) is 17.9 Å². The van der Waals surface area contributed by atoms with Crippen molar-refractivity contribution in [2.75, 3.05) is 18.4 Å². The van der Waals surface area contributed by atoms with Gasteiger partial charge in [0.2, 0.25) is 10.0 Å². The number of hydrogen-bond donors (Lipinski definition) is 3. The van der Waals surface area contributed by atoms with Gasteiger partial charge in [-0.05, 0) is 62.2 Å². The number of carbonyl (C=O) groups excluding carboxylic acids is 3. The summed E-state index contributed by atoms with van der Waals surface area (Å²) in [7, 11) is -3.96. The van der Waals surface area contributed by atoms with Crippen LogP contribution in [0.3, 0.4) is 0 Å². The van der Waals surface area contributed by atoms with Crippen LogP contribution in [0.2, 0.25) is 0 Å². The first-order valence-corrected chi connectivity index (χ1v) is 15.2. The van der Waals surface area contributed by atoms with Crippen molar-refractivity contribution in [3.05, 3.63) is 119 Å². The third-order valence-corrected chi connectivity index (χ3v) is 8.33. The molecule has 12 heteroatoms. The van der Waals surface area contributed by atoms with Crippen LogP contribution in [0.5, 0.6) is 0 Å². The van der Waals surface area contributed by atoms with Crippen LogP contribution in [0.1, 0.15) is 28.2 Å². The Morgan fingerprint density at radius 3 is 2.18 bits per heavy atom. The number of sulfonamides is 1. The van der Waals surface area contributed by atoms with Crippen LogP contribution in [-0.4, -0.2) is 49.7 Å². The summed E-state index contributed by atoms with van der Waals surface area (Å²) < 4.78 is 33.5. The Balaban J connectivity index is 1.31. The first-order valence-electron chi connectivity index (χ1n) is 13.8. The highest BCUT2D eigenvalue weighted by Crippen LogP contribution is 2.17. The second-order valence-corrected chi connectivity index (χ2v) is 11.9. The van der Waals surface area contributed by atoms with Crippen molar-refractivity contribution in [1.82, 2.24) is 15.0 Å². The number of nitrogens with zero attached hydrogens (tertiary/aromatic N) is 2. The van der Waals surface area contributed by atoms with Crippen LogP contribution in [-0.2, 0) is 37.4 Å². The van der Waals surface area contributed by atoms with Gasteiger partial charge < -0.3 is 15.1 Å². The van der Waals surface area contributed by atoms with E-state index in [9.17, 15) is 22.8 Å². The van der Waals surface area contributed by atoms with E-state index in [0.717, 1.165) is 21.0 Å². The Morgan fingerprint density at radius 2 is 1.50 bits per heavy atom. The molecule has 1 heterocycles. The highest BCUT2D eigenvalue weighted by atomic mass is 32.2. The lowest BCUT2D eigenvalue weighted by Gasteiger charge is -2.21. The van der Waals surface area contributed by atoms with Gasteiger partial charge in [0.05, 0.1) is 24.2 Å². The molecule has 44 heavy (non-hydrogen) atoms. The molecule has 3 amide bonds. The quantitative estimate of drug-likeness (QED) is 0.126. The number of amides is 3. The van der Waals surface area contributed by atoms with Gasteiger partial charge in [-0.25, -0.2) is 13.8 Å². The molecule has 0 aliphatic heterocycles. The molecule has 0 spiro atoms. The van der Waals surface area contributed by atoms with Gasteiger partial charge in [-0.1, -0.05) is 65.7 Å². The summed E-state index contributed by atoms with van der Waals surface area (Å²) in [6, 6.07) is 26.0. The molecule has 0 saturated carbocycles. The lowest BCUT2D eigenvalue weighted by atomic mass is 10.1. The number of benzene rings is 3. The minimum absolute atomic E-state index is 0.0480. The molecular weight excluding hydrogens is 582 g/mol. The van der Waals surface area contributed by atoms with Crippen molar-refractivity contribution in [3.8, 4) is 0 Å². The topological polar surface area (TPSA) is 150 Å². The monoisotopic (exact) mass is 615 g/mol. The fraction of sp³-hybridized carbons (Fsp3) is 0.188. The molecule has 4 aromatic rings. The van der Waals surface area contributed by atoms with Gasteiger partial charge in [-0.2, -0.15) is 9.41 Å². The summed E-state index contributed by atoms with van der Waals surface area (Å²) in [5.41, 5.74) is 5.71. The smallest absolute Gasteiger partial charge is 0.313 e. The highest BCUT2D eigenvalue weighted by Gasteiger charge is 2.26. The van der Waals surface area contributed by atoms with E-state index in [4.69, 9.17) is 4.42 Å². The zero-order valence-corrected chi connectivity index (χ0v) is 25.1. The molecule has 0 unspecified atom stereocenters. The largest absolute Gasteiger partial charge is 0.458 e. The van der Waals surface area contributed by atoms with Crippen molar-refractivity contribution in [3.63, 3.8) is 0 Å². The summed E-state index contributed by atoms with van der Waals surface area (Å²) in [6.45, 7) is 3.37. The fourth-order valence-electron chi connectivity index (χ4n) is 4.04. The molecule has 0 aliphatic carbocycles. The lowest BCUT2D eigenvalue weighted by molar-refractivity contribution is -0.136.